The van der Waals surface area contributed by atoms with Gasteiger partial charge >= 0.3 is 0 Å². The molecule has 2 N–H and O–H groups in total. The van der Waals surface area contributed by atoms with Crippen LogP contribution in [0.2, 0.25) is 0 Å². The number of halogens is 3. The molecule has 0 atom stereocenters. The molecule has 0 bridgehead atoms. The minimum atomic E-state index is -2.60. The number of benzene rings is 1. The van der Waals surface area contributed by atoms with Crippen LogP contribution < -0.4 is 15.5 Å². The monoisotopic (exact) mass is 484 g/mol. The van der Waals surface area contributed by atoms with Crippen LogP contribution in [0, 0.1) is 6.92 Å². The molecule has 0 saturated carbocycles. The number of pyridine rings is 1. The molecule has 2 aromatic heterocycles. The maximum absolute atomic E-state index is 14.4. The molecule has 0 spiro atoms. The summed E-state index contributed by atoms with van der Waals surface area (Å²) >= 11 is 0. The molecular weight excluding hydrogens is 453 g/mol. The Morgan fingerprint density at radius 2 is 1.54 bits per heavy atom. The summed E-state index contributed by atoms with van der Waals surface area (Å²) in [5.41, 5.74) is 10.0. The molecule has 0 amide bonds. The predicted octanol–water partition coefficient (Wildman–Crippen LogP) is 5.39. The van der Waals surface area contributed by atoms with E-state index in [1.807, 2.05) is 53.0 Å². The van der Waals surface area contributed by atoms with E-state index in [9.17, 15) is 13.2 Å². The fourth-order valence-electron chi connectivity index (χ4n) is 4.85. The largest absolute Gasteiger partial charge is 0.399 e. The quantitative estimate of drug-likeness (QED) is 0.503. The van der Waals surface area contributed by atoms with Gasteiger partial charge in [0.05, 0.1) is 17.6 Å². The van der Waals surface area contributed by atoms with E-state index >= 15 is 0 Å². The third kappa shape index (κ3) is 5.09. The van der Waals surface area contributed by atoms with E-state index in [-0.39, 0.29) is 25.9 Å². The molecule has 0 radical (unpaired) electrons. The molecule has 0 unspecified atom stereocenters. The predicted molar refractivity (Wildman–Crippen MR) is 133 cm³/mol. The number of hydrogen-bond acceptors (Lipinski definition) is 5. The van der Waals surface area contributed by atoms with Gasteiger partial charge in [-0.25, -0.2) is 22.8 Å². The van der Waals surface area contributed by atoms with E-state index < -0.39 is 11.6 Å². The first-order valence-corrected chi connectivity index (χ1v) is 12.1. The summed E-state index contributed by atoms with van der Waals surface area (Å²) in [6, 6.07) is 9.60. The SMILES string of the molecule is Cc1cc(-c2cnn(-c3ccc(N)cc3N3CCC(C)(F)CC3)c2)cc(N2CCC(F)(F)CC2)n1. The van der Waals surface area contributed by atoms with E-state index in [4.69, 9.17) is 5.73 Å². The summed E-state index contributed by atoms with van der Waals surface area (Å²) < 4.78 is 43.4. The van der Waals surface area contributed by atoms with Gasteiger partial charge < -0.3 is 15.5 Å². The van der Waals surface area contributed by atoms with Crippen molar-refractivity contribution in [1.29, 1.82) is 0 Å². The Morgan fingerprint density at radius 3 is 2.26 bits per heavy atom. The van der Waals surface area contributed by atoms with Crippen molar-refractivity contribution in [2.24, 2.45) is 0 Å². The number of nitrogens with two attached hydrogens (primary N) is 1. The molecule has 35 heavy (non-hydrogen) atoms. The maximum Gasteiger partial charge on any atom is 0.251 e. The van der Waals surface area contributed by atoms with Crippen molar-refractivity contribution in [2.75, 3.05) is 41.7 Å². The van der Waals surface area contributed by atoms with Crippen LogP contribution in [0.3, 0.4) is 0 Å². The Hall–Kier alpha value is -3.23. The topological polar surface area (TPSA) is 63.2 Å². The van der Waals surface area contributed by atoms with Gasteiger partial charge in [0, 0.05) is 62.2 Å². The van der Waals surface area contributed by atoms with E-state index in [0.29, 0.717) is 37.4 Å². The van der Waals surface area contributed by atoms with Gasteiger partial charge in [-0.1, -0.05) is 0 Å². The van der Waals surface area contributed by atoms with Crippen LogP contribution in [0.4, 0.5) is 30.4 Å². The Labute approximate surface area is 203 Å². The fraction of sp³-hybridized carbons (Fsp3) is 0.462. The van der Waals surface area contributed by atoms with Gasteiger partial charge in [-0.05, 0) is 62.6 Å². The Bertz CT molecular complexity index is 1200. The third-order valence-corrected chi connectivity index (χ3v) is 7.07. The fourth-order valence-corrected chi connectivity index (χ4v) is 4.85. The Balaban J connectivity index is 1.43. The van der Waals surface area contributed by atoms with Gasteiger partial charge in [0.2, 0.25) is 0 Å². The Kier molecular flexibility index (Phi) is 5.89. The molecule has 2 aliphatic rings. The number of alkyl halides is 3. The highest BCUT2D eigenvalue weighted by atomic mass is 19.3. The van der Waals surface area contributed by atoms with Crippen molar-refractivity contribution in [2.45, 2.75) is 51.1 Å². The van der Waals surface area contributed by atoms with Crippen LogP contribution in [0.25, 0.3) is 16.8 Å². The third-order valence-electron chi connectivity index (χ3n) is 7.07. The molecular formula is C26H31F3N6. The van der Waals surface area contributed by atoms with Gasteiger partial charge in [0.25, 0.3) is 5.92 Å². The number of nitrogens with zero attached hydrogens (tertiary/aromatic N) is 5. The number of rotatable bonds is 4. The first-order chi connectivity index (χ1) is 16.6. The molecule has 0 aliphatic carbocycles. The molecule has 4 heterocycles. The number of anilines is 3. The summed E-state index contributed by atoms with van der Waals surface area (Å²) in [6.07, 6.45) is 4.35. The normalized spacial score (nSPS) is 19.7. The molecule has 186 valence electrons. The van der Waals surface area contributed by atoms with Gasteiger partial charge in [0.15, 0.2) is 0 Å². The number of nitrogen functional groups attached to an aromatic ring is 1. The van der Waals surface area contributed by atoms with Crippen LogP contribution in [-0.2, 0) is 0 Å². The number of aromatic nitrogens is 3. The lowest BCUT2D eigenvalue weighted by Gasteiger charge is -2.36. The second-order valence-electron chi connectivity index (χ2n) is 10.0. The number of aryl methyl sites for hydroxylation is 1. The summed E-state index contributed by atoms with van der Waals surface area (Å²) in [6.45, 7) is 5.35. The average Bonchev–Trinajstić information content (AvgIpc) is 3.29. The number of piperidine rings is 2. The van der Waals surface area contributed by atoms with E-state index in [1.165, 1.54) is 0 Å². The van der Waals surface area contributed by atoms with Crippen molar-refractivity contribution < 1.29 is 13.2 Å². The first kappa shape index (κ1) is 23.5. The first-order valence-electron chi connectivity index (χ1n) is 12.1. The summed E-state index contributed by atoms with van der Waals surface area (Å²) in [5.74, 6) is -1.89. The van der Waals surface area contributed by atoms with E-state index in [1.54, 1.807) is 13.1 Å². The number of hydrogen-bond donors (Lipinski definition) is 1. The zero-order chi connectivity index (χ0) is 24.8. The van der Waals surface area contributed by atoms with Crippen molar-refractivity contribution in [3.63, 3.8) is 0 Å². The van der Waals surface area contributed by atoms with Gasteiger partial charge in [-0.15, -0.1) is 0 Å². The highest BCUT2D eigenvalue weighted by molar-refractivity contribution is 5.71. The van der Waals surface area contributed by atoms with Crippen LogP contribution in [0.15, 0.2) is 42.7 Å². The zero-order valence-corrected chi connectivity index (χ0v) is 20.1. The molecule has 5 rings (SSSR count). The lowest BCUT2D eigenvalue weighted by atomic mass is 9.95. The minimum absolute atomic E-state index is 0.159. The van der Waals surface area contributed by atoms with Gasteiger partial charge in [-0.2, -0.15) is 5.10 Å². The lowest BCUT2D eigenvalue weighted by Crippen LogP contribution is -2.40. The highest BCUT2D eigenvalue weighted by Gasteiger charge is 2.34. The summed E-state index contributed by atoms with van der Waals surface area (Å²) in [7, 11) is 0. The molecule has 2 fully saturated rings. The second kappa shape index (κ2) is 8.77. The lowest BCUT2D eigenvalue weighted by molar-refractivity contribution is -0.0221. The van der Waals surface area contributed by atoms with Crippen LogP contribution >= 0.6 is 0 Å². The van der Waals surface area contributed by atoms with Crippen molar-refractivity contribution in [3.05, 3.63) is 48.4 Å². The molecule has 1 aromatic carbocycles. The van der Waals surface area contributed by atoms with Gasteiger partial charge in [-0.3, -0.25) is 0 Å². The van der Waals surface area contributed by atoms with Crippen molar-refractivity contribution in [1.82, 2.24) is 14.8 Å². The second-order valence-corrected chi connectivity index (χ2v) is 10.0. The molecule has 3 aromatic rings. The highest BCUT2D eigenvalue weighted by Crippen LogP contribution is 2.35. The minimum Gasteiger partial charge on any atom is -0.399 e. The van der Waals surface area contributed by atoms with Crippen LogP contribution in [0.5, 0.6) is 0 Å². The van der Waals surface area contributed by atoms with Crippen LogP contribution in [0.1, 0.15) is 38.3 Å². The summed E-state index contributed by atoms with van der Waals surface area (Å²) in [5, 5.41) is 4.61. The maximum atomic E-state index is 14.4. The van der Waals surface area contributed by atoms with E-state index in [2.05, 4.69) is 15.0 Å². The molecule has 9 heteroatoms. The molecule has 6 nitrogen and oxygen atoms in total. The van der Waals surface area contributed by atoms with Crippen molar-refractivity contribution >= 4 is 17.2 Å². The van der Waals surface area contributed by atoms with Crippen molar-refractivity contribution in [3.8, 4) is 16.8 Å². The standard InChI is InChI=1S/C26H31F3N6/c1-18-13-19(14-24(32-18)34-11-7-26(28,29)8-12-34)20-16-31-35(17-20)22-4-3-21(30)15-23(22)33-9-5-25(2,27)6-10-33/h3-4,13-17H,5-12,30H2,1-2H3. The Morgan fingerprint density at radius 1 is 0.857 bits per heavy atom. The smallest absolute Gasteiger partial charge is 0.251 e. The van der Waals surface area contributed by atoms with Crippen LogP contribution in [-0.4, -0.2) is 52.5 Å². The zero-order valence-electron chi connectivity index (χ0n) is 20.1. The van der Waals surface area contributed by atoms with Gasteiger partial charge in [0.1, 0.15) is 11.5 Å². The molecule has 2 saturated heterocycles. The average molecular weight is 485 g/mol. The summed E-state index contributed by atoms with van der Waals surface area (Å²) in [4.78, 5) is 8.68. The van der Waals surface area contributed by atoms with E-state index in [0.717, 1.165) is 28.2 Å². The molecule has 2 aliphatic heterocycles.